The molecule has 0 amide bonds. The fourth-order valence-electron chi connectivity index (χ4n) is 1.31. The van der Waals surface area contributed by atoms with E-state index in [1.807, 2.05) is 13.0 Å². The highest BCUT2D eigenvalue weighted by molar-refractivity contribution is 9.10. The molecule has 0 bridgehead atoms. The minimum Gasteiger partial charge on any atom is -0.446 e. The lowest BCUT2D eigenvalue weighted by Crippen LogP contribution is -1.99. The summed E-state index contributed by atoms with van der Waals surface area (Å²) in [7, 11) is 0. The summed E-state index contributed by atoms with van der Waals surface area (Å²) >= 11 is 6.57. The first-order valence-corrected chi connectivity index (χ1v) is 6.23. The van der Waals surface area contributed by atoms with Crippen LogP contribution in [0.5, 0.6) is 0 Å². The molecule has 0 atom stereocenters. The Morgan fingerprint density at radius 1 is 1.19 bits per heavy atom. The zero-order chi connectivity index (χ0) is 11.7. The normalized spacial score (nSPS) is 10.4. The Kier molecular flexibility index (Phi) is 3.30. The lowest BCUT2D eigenvalue weighted by atomic mass is 10.1. The van der Waals surface area contributed by atoms with Crippen LogP contribution in [-0.2, 0) is 0 Å². The summed E-state index contributed by atoms with van der Waals surface area (Å²) < 4.78 is 6.70. The van der Waals surface area contributed by atoms with Gasteiger partial charge in [0, 0.05) is 10.0 Å². The Hall–Kier alpha value is -0.870. The summed E-state index contributed by atoms with van der Waals surface area (Å²) in [4.78, 5) is 12.0. The van der Waals surface area contributed by atoms with Crippen molar-refractivity contribution in [1.82, 2.24) is 0 Å². The molecule has 0 aliphatic rings. The molecule has 1 aromatic carbocycles. The van der Waals surface area contributed by atoms with Crippen LogP contribution in [0.3, 0.4) is 0 Å². The van der Waals surface area contributed by atoms with Crippen LogP contribution in [-0.4, -0.2) is 5.78 Å². The third-order valence-electron chi connectivity index (χ3n) is 2.23. The quantitative estimate of drug-likeness (QED) is 0.759. The average Bonchev–Trinajstić information content (AvgIpc) is 2.68. The lowest BCUT2D eigenvalue weighted by Gasteiger charge is -2.01. The molecular formula is C12H8Br2O2. The largest absolute Gasteiger partial charge is 0.446 e. The number of rotatable bonds is 2. The SMILES string of the molecule is Cc1ccc(C(=O)c2ccc(Br)o2)cc1Br. The molecule has 0 saturated heterocycles. The summed E-state index contributed by atoms with van der Waals surface area (Å²) in [5, 5.41) is 0. The van der Waals surface area contributed by atoms with Crippen molar-refractivity contribution in [2.45, 2.75) is 6.92 Å². The average molecular weight is 344 g/mol. The van der Waals surface area contributed by atoms with E-state index in [2.05, 4.69) is 31.9 Å². The molecule has 0 unspecified atom stereocenters. The Bertz CT molecular complexity index is 544. The van der Waals surface area contributed by atoms with Crippen molar-refractivity contribution in [2.75, 3.05) is 0 Å². The van der Waals surface area contributed by atoms with Crippen molar-refractivity contribution in [3.05, 3.63) is 56.4 Å². The van der Waals surface area contributed by atoms with Crippen LogP contribution in [0.15, 0.2) is 43.9 Å². The minimum absolute atomic E-state index is 0.119. The predicted molar refractivity (Wildman–Crippen MR) is 68.7 cm³/mol. The molecule has 4 heteroatoms. The van der Waals surface area contributed by atoms with Gasteiger partial charge in [-0.15, -0.1) is 0 Å². The van der Waals surface area contributed by atoms with Gasteiger partial charge in [-0.25, -0.2) is 0 Å². The maximum atomic E-state index is 12.0. The van der Waals surface area contributed by atoms with Crippen LogP contribution >= 0.6 is 31.9 Å². The molecule has 0 aliphatic heterocycles. The molecule has 0 fully saturated rings. The third-order valence-corrected chi connectivity index (χ3v) is 3.51. The predicted octanol–water partition coefficient (Wildman–Crippen LogP) is 4.34. The summed E-state index contributed by atoms with van der Waals surface area (Å²) in [6.07, 6.45) is 0. The fourth-order valence-corrected chi connectivity index (χ4v) is 2.00. The van der Waals surface area contributed by atoms with Gasteiger partial charge in [-0.05, 0) is 46.6 Å². The lowest BCUT2D eigenvalue weighted by molar-refractivity contribution is 0.101. The summed E-state index contributed by atoms with van der Waals surface area (Å²) in [5.74, 6) is 0.217. The number of benzene rings is 1. The van der Waals surface area contributed by atoms with Gasteiger partial charge in [-0.1, -0.05) is 28.1 Å². The molecule has 0 aliphatic carbocycles. The number of furan rings is 1. The highest BCUT2D eigenvalue weighted by Crippen LogP contribution is 2.21. The minimum atomic E-state index is -0.119. The number of carbonyl (C=O) groups excluding carboxylic acids is 1. The first kappa shape index (κ1) is 11.6. The van der Waals surface area contributed by atoms with E-state index in [0.29, 0.717) is 16.0 Å². The van der Waals surface area contributed by atoms with Crippen LogP contribution in [0.2, 0.25) is 0 Å². The Morgan fingerprint density at radius 3 is 2.50 bits per heavy atom. The van der Waals surface area contributed by atoms with E-state index >= 15 is 0 Å². The molecule has 0 spiro atoms. The van der Waals surface area contributed by atoms with Crippen molar-refractivity contribution in [3.63, 3.8) is 0 Å². The molecule has 2 rings (SSSR count). The van der Waals surface area contributed by atoms with Crippen molar-refractivity contribution < 1.29 is 9.21 Å². The van der Waals surface area contributed by atoms with Gasteiger partial charge in [0.1, 0.15) is 0 Å². The van der Waals surface area contributed by atoms with Crippen LogP contribution in [0, 0.1) is 6.92 Å². The molecule has 0 N–H and O–H groups in total. The Labute approximate surface area is 110 Å². The molecule has 0 radical (unpaired) electrons. The highest BCUT2D eigenvalue weighted by Gasteiger charge is 2.13. The first-order valence-electron chi connectivity index (χ1n) is 4.64. The third kappa shape index (κ3) is 2.28. The van der Waals surface area contributed by atoms with Crippen molar-refractivity contribution in [1.29, 1.82) is 0 Å². The molecule has 2 nitrogen and oxygen atoms in total. The van der Waals surface area contributed by atoms with Gasteiger partial charge in [-0.2, -0.15) is 0 Å². The topological polar surface area (TPSA) is 30.2 Å². The smallest absolute Gasteiger partial charge is 0.228 e. The van der Waals surface area contributed by atoms with Gasteiger partial charge in [-0.3, -0.25) is 4.79 Å². The second kappa shape index (κ2) is 4.55. The highest BCUT2D eigenvalue weighted by atomic mass is 79.9. The molecular weight excluding hydrogens is 336 g/mol. The van der Waals surface area contributed by atoms with Crippen LogP contribution < -0.4 is 0 Å². The standard InChI is InChI=1S/C12H8Br2O2/c1-7-2-3-8(6-9(7)13)12(15)10-4-5-11(14)16-10/h2-6H,1H3. The van der Waals surface area contributed by atoms with Gasteiger partial charge < -0.3 is 4.42 Å². The van der Waals surface area contributed by atoms with E-state index in [9.17, 15) is 4.79 Å². The van der Waals surface area contributed by atoms with Crippen LogP contribution in [0.25, 0.3) is 0 Å². The maximum Gasteiger partial charge on any atom is 0.228 e. The number of hydrogen-bond acceptors (Lipinski definition) is 2. The van der Waals surface area contributed by atoms with Crippen LogP contribution in [0.1, 0.15) is 21.7 Å². The van der Waals surface area contributed by atoms with Crippen molar-refractivity contribution in [3.8, 4) is 0 Å². The van der Waals surface area contributed by atoms with E-state index in [4.69, 9.17) is 4.42 Å². The van der Waals surface area contributed by atoms with E-state index in [1.165, 1.54) is 0 Å². The first-order chi connectivity index (χ1) is 7.58. The van der Waals surface area contributed by atoms with Gasteiger partial charge in [0.15, 0.2) is 10.4 Å². The summed E-state index contributed by atoms with van der Waals surface area (Å²) in [6.45, 7) is 1.97. The molecule has 1 aromatic heterocycles. The van der Waals surface area contributed by atoms with E-state index in [1.54, 1.807) is 24.3 Å². The van der Waals surface area contributed by atoms with E-state index < -0.39 is 0 Å². The van der Waals surface area contributed by atoms with Gasteiger partial charge in [0.2, 0.25) is 5.78 Å². The van der Waals surface area contributed by atoms with Crippen molar-refractivity contribution >= 4 is 37.6 Å². The van der Waals surface area contributed by atoms with Crippen LogP contribution in [0.4, 0.5) is 0 Å². The Balaban J connectivity index is 2.38. The molecule has 0 saturated carbocycles. The number of hydrogen-bond donors (Lipinski definition) is 0. The molecule has 16 heavy (non-hydrogen) atoms. The number of aryl methyl sites for hydroxylation is 1. The molecule has 82 valence electrons. The summed E-state index contributed by atoms with van der Waals surface area (Å²) in [5.41, 5.74) is 1.71. The zero-order valence-corrected chi connectivity index (χ0v) is 11.6. The summed E-state index contributed by atoms with van der Waals surface area (Å²) in [6, 6.07) is 8.85. The zero-order valence-electron chi connectivity index (χ0n) is 8.46. The molecule has 2 aromatic rings. The second-order valence-corrected chi connectivity index (χ2v) is 5.03. The Morgan fingerprint density at radius 2 is 1.94 bits per heavy atom. The van der Waals surface area contributed by atoms with Crippen molar-refractivity contribution in [2.24, 2.45) is 0 Å². The second-order valence-electron chi connectivity index (χ2n) is 3.40. The van der Waals surface area contributed by atoms with Gasteiger partial charge >= 0.3 is 0 Å². The number of carbonyl (C=O) groups is 1. The fraction of sp³-hybridized carbons (Fsp3) is 0.0833. The number of ketones is 1. The monoisotopic (exact) mass is 342 g/mol. The van der Waals surface area contributed by atoms with E-state index in [0.717, 1.165) is 10.0 Å². The molecule has 1 heterocycles. The number of halogens is 2. The van der Waals surface area contributed by atoms with E-state index in [-0.39, 0.29) is 5.78 Å². The van der Waals surface area contributed by atoms with Gasteiger partial charge in [0.25, 0.3) is 0 Å². The maximum absolute atomic E-state index is 12.0. The van der Waals surface area contributed by atoms with Gasteiger partial charge in [0.05, 0.1) is 0 Å².